The molecule has 0 radical (unpaired) electrons. The molecule has 1 aromatic carbocycles. The van der Waals surface area contributed by atoms with E-state index in [9.17, 15) is 18.0 Å². The lowest BCUT2D eigenvalue weighted by Gasteiger charge is -2.01. The summed E-state index contributed by atoms with van der Waals surface area (Å²) in [5.74, 6) is -0.0409. The lowest BCUT2D eigenvalue weighted by Crippen LogP contribution is -2.12. The van der Waals surface area contributed by atoms with E-state index in [0.717, 1.165) is 5.38 Å². The number of aromatic nitrogens is 1. The van der Waals surface area contributed by atoms with Gasteiger partial charge in [-0.05, 0) is 25.1 Å². The van der Waals surface area contributed by atoms with E-state index < -0.39 is 17.8 Å². The molecule has 0 saturated carbocycles. The van der Waals surface area contributed by atoms with E-state index in [1.54, 1.807) is 25.1 Å². The molecule has 1 N–H and O–H groups in total. The van der Waals surface area contributed by atoms with Gasteiger partial charge in [0.15, 0.2) is 16.6 Å². The summed E-state index contributed by atoms with van der Waals surface area (Å²) >= 11 is 0.694. The fourth-order valence-corrected chi connectivity index (χ4v) is 2.87. The highest BCUT2D eigenvalue weighted by molar-refractivity contribution is 7.14. The van der Waals surface area contributed by atoms with Crippen molar-refractivity contribution in [2.75, 3.05) is 12.4 Å². The van der Waals surface area contributed by atoms with Crippen LogP contribution in [-0.2, 0) is 6.18 Å². The predicted molar refractivity (Wildman–Crippen MR) is 82.6 cm³/mol. The Labute approximate surface area is 138 Å². The van der Waals surface area contributed by atoms with E-state index >= 15 is 0 Å². The number of halogens is 3. The highest BCUT2D eigenvalue weighted by atomic mass is 32.1. The number of ether oxygens (including phenoxy) is 1. The zero-order chi connectivity index (χ0) is 17.5. The molecular formula is C15H11F3N2O3S. The van der Waals surface area contributed by atoms with Gasteiger partial charge in [0, 0.05) is 16.3 Å². The minimum Gasteiger partial charge on any atom is -0.497 e. The first kappa shape index (κ1) is 16.3. The number of furan rings is 1. The molecule has 9 heteroatoms. The van der Waals surface area contributed by atoms with Crippen LogP contribution in [0.15, 0.2) is 28.0 Å². The number of methoxy groups -OCH3 is 1. The van der Waals surface area contributed by atoms with Crippen LogP contribution in [0.3, 0.4) is 0 Å². The molecule has 3 rings (SSSR count). The first-order valence-corrected chi connectivity index (χ1v) is 7.59. The molecule has 2 heterocycles. The van der Waals surface area contributed by atoms with Crippen molar-refractivity contribution in [3.05, 3.63) is 40.6 Å². The third kappa shape index (κ3) is 2.94. The van der Waals surface area contributed by atoms with Crippen LogP contribution in [0.25, 0.3) is 11.0 Å². The van der Waals surface area contributed by atoms with E-state index in [4.69, 9.17) is 9.15 Å². The number of nitrogens with one attached hydrogen (secondary N) is 1. The Balaban J connectivity index is 1.89. The topological polar surface area (TPSA) is 64.4 Å². The van der Waals surface area contributed by atoms with Gasteiger partial charge >= 0.3 is 6.18 Å². The van der Waals surface area contributed by atoms with Gasteiger partial charge in [0.25, 0.3) is 5.91 Å². The lowest BCUT2D eigenvalue weighted by atomic mass is 10.1. The summed E-state index contributed by atoms with van der Waals surface area (Å²) in [4.78, 5) is 15.6. The molecule has 0 unspecified atom stereocenters. The fourth-order valence-electron chi connectivity index (χ4n) is 2.16. The molecule has 0 spiro atoms. The van der Waals surface area contributed by atoms with E-state index in [2.05, 4.69) is 10.3 Å². The van der Waals surface area contributed by atoms with Crippen molar-refractivity contribution in [2.45, 2.75) is 13.1 Å². The summed E-state index contributed by atoms with van der Waals surface area (Å²) in [7, 11) is 1.52. The highest BCUT2D eigenvalue weighted by Gasteiger charge is 2.34. The van der Waals surface area contributed by atoms with Crippen molar-refractivity contribution < 1.29 is 27.1 Å². The van der Waals surface area contributed by atoms with E-state index in [1.165, 1.54) is 7.11 Å². The number of anilines is 1. The number of thiazole rings is 1. The van der Waals surface area contributed by atoms with Crippen LogP contribution in [0.5, 0.6) is 5.75 Å². The number of alkyl halides is 3. The van der Waals surface area contributed by atoms with Gasteiger partial charge in [0.05, 0.1) is 7.11 Å². The first-order valence-electron chi connectivity index (χ1n) is 6.71. The monoisotopic (exact) mass is 356 g/mol. The van der Waals surface area contributed by atoms with Crippen LogP contribution in [0.2, 0.25) is 0 Å². The Morgan fingerprint density at radius 3 is 2.75 bits per heavy atom. The summed E-state index contributed by atoms with van der Waals surface area (Å²) in [5.41, 5.74) is -0.00330. The Morgan fingerprint density at radius 1 is 1.38 bits per heavy atom. The van der Waals surface area contributed by atoms with Gasteiger partial charge in [-0.1, -0.05) is 0 Å². The largest absolute Gasteiger partial charge is 0.497 e. The molecule has 0 bridgehead atoms. The maximum absolute atomic E-state index is 12.5. The van der Waals surface area contributed by atoms with Crippen LogP contribution in [0.1, 0.15) is 21.8 Å². The molecule has 1 amide bonds. The van der Waals surface area contributed by atoms with Crippen molar-refractivity contribution >= 4 is 33.3 Å². The predicted octanol–water partition coefficient (Wildman–Crippen LogP) is 4.48. The summed E-state index contributed by atoms with van der Waals surface area (Å²) in [5, 5.41) is 3.70. The third-order valence-electron chi connectivity index (χ3n) is 3.36. The summed E-state index contributed by atoms with van der Waals surface area (Å²) in [6.45, 7) is 1.68. The fraction of sp³-hybridized carbons (Fsp3) is 0.200. The quantitative estimate of drug-likeness (QED) is 0.752. The van der Waals surface area contributed by atoms with Gasteiger partial charge in [0.2, 0.25) is 0 Å². The van der Waals surface area contributed by atoms with E-state index in [-0.39, 0.29) is 10.9 Å². The molecule has 24 heavy (non-hydrogen) atoms. The number of carbonyl (C=O) groups is 1. The molecule has 3 aromatic rings. The van der Waals surface area contributed by atoms with Crippen molar-refractivity contribution in [3.8, 4) is 5.75 Å². The first-order chi connectivity index (χ1) is 11.3. The molecule has 0 saturated heterocycles. The van der Waals surface area contributed by atoms with Crippen LogP contribution in [0, 0.1) is 6.92 Å². The van der Waals surface area contributed by atoms with Gasteiger partial charge in [-0.25, -0.2) is 4.98 Å². The SMILES string of the molecule is COc1ccc2oc(C(=O)Nc3nc(C(F)(F)F)cs3)c(C)c2c1. The molecule has 126 valence electrons. The maximum atomic E-state index is 12.5. The number of amides is 1. The second-order valence-corrected chi connectivity index (χ2v) is 5.77. The van der Waals surface area contributed by atoms with Gasteiger partial charge in [-0.15, -0.1) is 11.3 Å². The average molecular weight is 356 g/mol. The van der Waals surface area contributed by atoms with Gasteiger partial charge in [0.1, 0.15) is 11.3 Å². The highest BCUT2D eigenvalue weighted by Crippen LogP contribution is 2.33. The summed E-state index contributed by atoms with van der Waals surface area (Å²) in [6.07, 6.45) is -4.55. The molecule has 0 aliphatic carbocycles. The van der Waals surface area contributed by atoms with Crippen LogP contribution >= 0.6 is 11.3 Å². The number of aryl methyl sites for hydroxylation is 1. The minimum atomic E-state index is -4.55. The normalized spacial score (nSPS) is 11.7. The van der Waals surface area contributed by atoms with Crippen molar-refractivity contribution in [1.82, 2.24) is 4.98 Å². The molecule has 0 aliphatic heterocycles. The number of rotatable bonds is 3. The molecular weight excluding hydrogens is 345 g/mol. The minimum absolute atomic E-state index is 0.0158. The number of hydrogen-bond donors (Lipinski definition) is 1. The zero-order valence-corrected chi connectivity index (χ0v) is 13.3. The molecule has 0 atom stereocenters. The van der Waals surface area contributed by atoms with Crippen molar-refractivity contribution in [2.24, 2.45) is 0 Å². The summed E-state index contributed by atoms with van der Waals surface area (Å²) < 4.78 is 48.2. The lowest BCUT2D eigenvalue weighted by molar-refractivity contribution is -0.140. The second kappa shape index (κ2) is 5.82. The Kier molecular flexibility index (Phi) is 3.96. The van der Waals surface area contributed by atoms with E-state index in [1.807, 2.05) is 0 Å². The van der Waals surface area contributed by atoms with Crippen molar-refractivity contribution in [3.63, 3.8) is 0 Å². The Hall–Kier alpha value is -2.55. The smallest absolute Gasteiger partial charge is 0.434 e. The van der Waals surface area contributed by atoms with Crippen LogP contribution in [0.4, 0.5) is 18.3 Å². The number of benzene rings is 1. The number of nitrogens with zero attached hydrogens (tertiary/aromatic N) is 1. The number of fused-ring (bicyclic) bond motifs is 1. The van der Waals surface area contributed by atoms with Gasteiger partial charge in [-0.2, -0.15) is 13.2 Å². The van der Waals surface area contributed by atoms with Crippen LogP contribution in [-0.4, -0.2) is 18.0 Å². The zero-order valence-electron chi connectivity index (χ0n) is 12.5. The Bertz CT molecular complexity index is 914. The number of carbonyl (C=O) groups excluding carboxylic acids is 1. The Morgan fingerprint density at radius 2 is 2.12 bits per heavy atom. The third-order valence-corrected chi connectivity index (χ3v) is 4.12. The maximum Gasteiger partial charge on any atom is 0.434 e. The molecule has 0 fully saturated rings. The molecule has 0 aliphatic rings. The standard InChI is InChI=1S/C15H11F3N2O3S/c1-7-9-5-8(22-2)3-4-10(9)23-12(7)13(21)20-14-19-11(6-24-14)15(16,17)18/h3-6H,1-2H3,(H,19,20,21). The summed E-state index contributed by atoms with van der Waals surface area (Å²) in [6, 6.07) is 5.06. The second-order valence-electron chi connectivity index (χ2n) is 4.91. The van der Waals surface area contributed by atoms with Gasteiger partial charge < -0.3 is 9.15 Å². The van der Waals surface area contributed by atoms with Gasteiger partial charge in [-0.3, -0.25) is 10.1 Å². The number of hydrogen-bond acceptors (Lipinski definition) is 5. The molecule has 5 nitrogen and oxygen atoms in total. The van der Waals surface area contributed by atoms with Crippen molar-refractivity contribution in [1.29, 1.82) is 0 Å². The van der Waals surface area contributed by atoms with Crippen LogP contribution < -0.4 is 10.1 Å². The van der Waals surface area contributed by atoms with E-state index in [0.29, 0.717) is 33.6 Å². The molecule has 2 aromatic heterocycles. The average Bonchev–Trinajstić information content (AvgIpc) is 3.12.